The van der Waals surface area contributed by atoms with Crippen LogP contribution < -0.4 is 5.32 Å². The second-order valence-electron chi connectivity index (χ2n) is 4.43. The number of rotatable bonds is 4. The summed E-state index contributed by atoms with van der Waals surface area (Å²) in [4.78, 5) is 28.2. The first kappa shape index (κ1) is 14.2. The van der Waals surface area contributed by atoms with Gasteiger partial charge in [-0.3, -0.25) is 14.9 Å². The lowest BCUT2D eigenvalue weighted by Crippen LogP contribution is -2.47. The fourth-order valence-corrected chi connectivity index (χ4v) is 1.98. The second-order valence-corrected chi connectivity index (χ2v) is 4.43. The van der Waals surface area contributed by atoms with Gasteiger partial charge in [0.1, 0.15) is 6.04 Å². The van der Waals surface area contributed by atoms with Crippen molar-refractivity contribution in [2.45, 2.75) is 13.0 Å². The first-order valence-electron chi connectivity index (χ1n) is 6.32. The van der Waals surface area contributed by atoms with Gasteiger partial charge < -0.3 is 15.0 Å². The Morgan fingerprint density at radius 1 is 1.55 bits per heavy atom. The molecule has 0 saturated carbocycles. The van der Waals surface area contributed by atoms with E-state index in [0.29, 0.717) is 26.3 Å². The highest BCUT2D eigenvalue weighted by Crippen LogP contribution is 2.21. The van der Waals surface area contributed by atoms with Crippen molar-refractivity contribution in [2.24, 2.45) is 0 Å². The van der Waals surface area contributed by atoms with E-state index in [2.05, 4.69) is 10.3 Å². The molecule has 2 rings (SSSR count). The fourth-order valence-electron chi connectivity index (χ4n) is 1.98. The summed E-state index contributed by atoms with van der Waals surface area (Å²) >= 11 is 0. The summed E-state index contributed by atoms with van der Waals surface area (Å²) in [7, 11) is 0. The third kappa shape index (κ3) is 3.21. The maximum absolute atomic E-state index is 12.2. The number of morpholine rings is 1. The van der Waals surface area contributed by atoms with Crippen molar-refractivity contribution < 1.29 is 14.5 Å². The Bertz CT molecular complexity index is 502. The number of carbonyl (C=O) groups is 1. The number of nitrogens with zero attached hydrogens (tertiary/aromatic N) is 3. The van der Waals surface area contributed by atoms with Gasteiger partial charge in [0.2, 0.25) is 11.7 Å². The Hall–Kier alpha value is -2.22. The molecule has 1 unspecified atom stereocenters. The molecule has 1 aliphatic rings. The first-order chi connectivity index (χ1) is 9.59. The number of nitrogens with one attached hydrogen (secondary N) is 1. The van der Waals surface area contributed by atoms with Crippen LogP contribution in [0.2, 0.25) is 0 Å². The van der Waals surface area contributed by atoms with E-state index in [0.717, 1.165) is 0 Å². The predicted octanol–water partition coefficient (Wildman–Crippen LogP) is 0.649. The minimum Gasteiger partial charge on any atom is -0.378 e. The minimum absolute atomic E-state index is 0.103. The largest absolute Gasteiger partial charge is 0.378 e. The van der Waals surface area contributed by atoms with Crippen molar-refractivity contribution in [1.82, 2.24) is 9.88 Å². The van der Waals surface area contributed by atoms with Gasteiger partial charge >= 0.3 is 5.69 Å². The lowest BCUT2D eigenvalue weighted by Gasteiger charge is -2.29. The molecule has 1 aliphatic heterocycles. The number of amides is 1. The molecule has 1 atom stereocenters. The Kier molecular flexibility index (Phi) is 4.46. The monoisotopic (exact) mass is 280 g/mol. The topological polar surface area (TPSA) is 97.6 Å². The molecule has 0 aromatic carbocycles. The highest BCUT2D eigenvalue weighted by molar-refractivity contribution is 5.84. The van der Waals surface area contributed by atoms with Crippen molar-refractivity contribution in [3.05, 3.63) is 28.4 Å². The highest BCUT2D eigenvalue weighted by atomic mass is 16.6. The lowest BCUT2D eigenvalue weighted by atomic mass is 10.2. The number of hydrogen-bond acceptors (Lipinski definition) is 6. The zero-order valence-electron chi connectivity index (χ0n) is 11.1. The van der Waals surface area contributed by atoms with Gasteiger partial charge in [-0.25, -0.2) is 4.98 Å². The average Bonchev–Trinajstić information content (AvgIpc) is 2.47. The molecule has 1 fully saturated rings. The molecule has 1 aromatic heterocycles. The van der Waals surface area contributed by atoms with E-state index >= 15 is 0 Å². The molecule has 1 aromatic rings. The van der Waals surface area contributed by atoms with E-state index in [1.165, 1.54) is 18.3 Å². The molecule has 0 radical (unpaired) electrons. The number of pyridine rings is 1. The number of carbonyl (C=O) groups excluding carboxylic acids is 1. The molecular formula is C12H16N4O4. The number of aromatic nitrogens is 1. The molecule has 1 N–H and O–H groups in total. The van der Waals surface area contributed by atoms with E-state index in [1.54, 1.807) is 11.8 Å². The van der Waals surface area contributed by atoms with Crippen molar-refractivity contribution in [1.29, 1.82) is 0 Å². The van der Waals surface area contributed by atoms with Crippen LogP contribution in [0.1, 0.15) is 6.92 Å². The standard InChI is InChI=1S/C12H16N4O4/c1-9(12(17)15-5-7-20-8-6-15)14-11-10(16(18)19)3-2-4-13-11/h2-4,9H,5-8H2,1H3,(H,13,14). The molecule has 108 valence electrons. The van der Waals surface area contributed by atoms with E-state index in [-0.39, 0.29) is 17.4 Å². The Balaban J connectivity index is 2.05. The summed E-state index contributed by atoms with van der Waals surface area (Å²) < 4.78 is 5.18. The van der Waals surface area contributed by atoms with Crippen LogP contribution in [0.3, 0.4) is 0 Å². The van der Waals surface area contributed by atoms with Crippen LogP contribution in [-0.2, 0) is 9.53 Å². The van der Waals surface area contributed by atoms with Crippen molar-refractivity contribution >= 4 is 17.4 Å². The Morgan fingerprint density at radius 3 is 2.90 bits per heavy atom. The zero-order chi connectivity index (χ0) is 14.5. The maximum atomic E-state index is 12.2. The van der Waals surface area contributed by atoms with Gasteiger partial charge in [0.15, 0.2) is 0 Å². The summed E-state index contributed by atoms with van der Waals surface area (Å²) in [5, 5.41) is 13.7. The van der Waals surface area contributed by atoms with Gasteiger partial charge in [-0.15, -0.1) is 0 Å². The fraction of sp³-hybridized carbons (Fsp3) is 0.500. The zero-order valence-corrected chi connectivity index (χ0v) is 11.1. The highest BCUT2D eigenvalue weighted by Gasteiger charge is 2.24. The van der Waals surface area contributed by atoms with Crippen molar-refractivity contribution in [3.8, 4) is 0 Å². The van der Waals surface area contributed by atoms with E-state index in [1.807, 2.05) is 0 Å². The van der Waals surface area contributed by atoms with Crippen LogP contribution in [-0.4, -0.2) is 53.1 Å². The smallest absolute Gasteiger partial charge is 0.311 e. The molecule has 20 heavy (non-hydrogen) atoms. The summed E-state index contributed by atoms with van der Waals surface area (Å²) in [6, 6.07) is 2.25. The summed E-state index contributed by atoms with van der Waals surface area (Å²) in [6.07, 6.45) is 1.45. The molecule has 0 bridgehead atoms. The quantitative estimate of drug-likeness (QED) is 0.642. The Morgan fingerprint density at radius 2 is 2.25 bits per heavy atom. The molecule has 2 heterocycles. The molecule has 8 nitrogen and oxygen atoms in total. The van der Waals surface area contributed by atoms with E-state index in [4.69, 9.17) is 4.74 Å². The van der Waals surface area contributed by atoms with Gasteiger partial charge in [-0.1, -0.05) is 0 Å². The second kappa shape index (κ2) is 6.29. The van der Waals surface area contributed by atoms with Gasteiger partial charge in [0, 0.05) is 25.4 Å². The van der Waals surface area contributed by atoms with Gasteiger partial charge in [0.25, 0.3) is 0 Å². The summed E-state index contributed by atoms with van der Waals surface area (Å²) in [5.41, 5.74) is -0.144. The van der Waals surface area contributed by atoms with Crippen molar-refractivity contribution in [3.63, 3.8) is 0 Å². The lowest BCUT2D eigenvalue weighted by molar-refractivity contribution is -0.384. The number of anilines is 1. The summed E-state index contributed by atoms with van der Waals surface area (Å²) in [6.45, 7) is 3.77. The van der Waals surface area contributed by atoms with E-state index < -0.39 is 11.0 Å². The molecule has 0 aliphatic carbocycles. The van der Waals surface area contributed by atoms with Crippen molar-refractivity contribution in [2.75, 3.05) is 31.6 Å². The summed E-state index contributed by atoms with van der Waals surface area (Å²) in [5.74, 6) is -0.0140. The number of hydrogen-bond donors (Lipinski definition) is 1. The number of ether oxygens (including phenoxy) is 1. The molecule has 1 saturated heterocycles. The average molecular weight is 280 g/mol. The van der Waals surface area contributed by atoms with Crippen LogP contribution in [0.25, 0.3) is 0 Å². The predicted molar refractivity (Wildman–Crippen MR) is 71.4 cm³/mol. The van der Waals surface area contributed by atoms with Gasteiger partial charge in [-0.05, 0) is 13.0 Å². The van der Waals surface area contributed by atoms with Gasteiger partial charge in [0.05, 0.1) is 18.1 Å². The van der Waals surface area contributed by atoms with E-state index in [9.17, 15) is 14.9 Å². The normalized spacial score (nSPS) is 16.6. The third-order valence-corrected chi connectivity index (χ3v) is 3.03. The van der Waals surface area contributed by atoms with Crippen LogP contribution in [0.5, 0.6) is 0 Å². The molecule has 8 heteroatoms. The van der Waals surface area contributed by atoms with Crippen LogP contribution in [0, 0.1) is 10.1 Å². The molecule has 1 amide bonds. The Labute approximate surface area is 115 Å². The molecule has 0 spiro atoms. The SMILES string of the molecule is CC(Nc1ncccc1[N+](=O)[O-])C(=O)N1CCOCC1. The maximum Gasteiger partial charge on any atom is 0.311 e. The van der Waals surface area contributed by atoms with Crippen LogP contribution in [0.4, 0.5) is 11.5 Å². The third-order valence-electron chi connectivity index (χ3n) is 3.03. The minimum atomic E-state index is -0.582. The molecular weight excluding hydrogens is 264 g/mol. The van der Waals surface area contributed by atoms with Crippen LogP contribution >= 0.6 is 0 Å². The van der Waals surface area contributed by atoms with Gasteiger partial charge in [-0.2, -0.15) is 0 Å². The number of nitro groups is 1. The first-order valence-corrected chi connectivity index (χ1v) is 6.32. The van der Waals surface area contributed by atoms with Crippen LogP contribution in [0.15, 0.2) is 18.3 Å².